The van der Waals surface area contributed by atoms with Gasteiger partial charge in [-0.15, -0.1) is 0 Å². The molecule has 0 radical (unpaired) electrons. The minimum Gasteiger partial charge on any atom is -0.336 e. The molecule has 0 aliphatic carbocycles. The topological polar surface area (TPSA) is 49.4 Å². The van der Waals surface area contributed by atoms with E-state index in [0.717, 1.165) is 5.56 Å². The third-order valence-corrected chi connectivity index (χ3v) is 4.50. The zero-order valence-electron chi connectivity index (χ0n) is 14.1. The van der Waals surface area contributed by atoms with Gasteiger partial charge in [0.15, 0.2) is 0 Å². The number of carbonyl (C=O) groups excluding carboxylic acids is 2. The zero-order chi connectivity index (χ0) is 18.4. The fourth-order valence-corrected chi connectivity index (χ4v) is 2.72. The number of halogens is 2. The molecule has 0 heterocycles. The Morgan fingerprint density at radius 3 is 2.36 bits per heavy atom. The Bertz CT molecular complexity index is 748. The van der Waals surface area contributed by atoms with Gasteiger partial charge in [0.2, 0.25) is 11.8 Å². The normalized spacial score (nSPS) is 10.6. The standard InChI is InChI=1S/C19H20Cl2N2O2/c1-13(2)23(12-14-7-4-3-5-8-14)18(25)11-17(24)22-16-10-6-9-15(20)19(16)21/h3-10,13H,11-12H2,1-2H3,(H,22,24). The molecule has 0 unspecified atom stereocenters. The highest BCUT2D eigenvalue weighted by molar-refractivity contribution is 6.44. The summed E-state index contributed by atoms with van der Waals surface area (Å²) in [7, 11) is 0. The number of anilines is 1. The number of amides is 2. The maximum Gasteiger partial charge on any atom is 0.233 e. The summed E-state index contributed by atoms with van der Waals surface area (Å²) in [5.74, 6) is -0.664. The molecule has 0 aliphatic rings. The number of rotatable bonds is 6. The predicted molar refractivity (Wildman–Crippen MR) is 102 cm³/mol. The second-order valence-corrected chi connectivity index (χ2v) is 6.71. The average Bonchev–Trinajstić information content (AvgIpc) is 2.57. The minimum atomic E-state index is -0.423. The Hall–Kier alpha value is -2.04. The van der Waals surface area contributed by atoms with Crippen molar-refractivity contribution in [3.63, 3.8) is 0 Å². The third kappa shape index (κ3) is 5.48. The van der Waals surface area contributed by atoms with E-state index in [-0.39, 0.29) is 23.4 Å². The Morgan fingerprint density at radius 2 is 1.72 bits per heavy atom. The van der Waals surface area contributed by atoms with Crippen molar-refractivity contribution in [2.75, 3.05) is 5.32 Å². The number of nitrogens with zero attached hydrogens (tertiary/aromatic N) is 1. The van der Waals surface area contributed by atoms with E-state index >= 15 is 0 Å². The Kier molecular flexibility index (Phi) is 6.85. The van der Waals surface area contributed by atoms with E-state index in [0.29, 0.717) is 17.3 Å². The lowest BCUT2D eigenvalue weighted by atomic mass is 10.1. The van der Waals surface area contributed by atoms with Crippen LogP contribution in [0.3, 0.4) is 0 Å². The lowest BCUT2D eigenvalue weighted by molar-refractivity contribution is -0.136. The average molecular weight is 379 g/mol. The van der Waals surface area contributed by atoms with E-state index in [2.05, 4.69) is 5.32 Å². The van der Waals surface area contributed by atoms with Crippen LogP contribution in [0, 0.1) is 0 Å². The molecule has 0 spiro atoms. The highest BCUT2D eigenvalue weighted by Crippen LogP contribution is 2.29. The third-order valence-electron chi connectivity index (χ3n) is 3.68. The molecule has 6 heteroatoms. The largest absolute Gasteiger partial charge is 0.336 e. The molecule has 2 amide bonds. The number of hydrogen-bond donors (Lipinski definition) is 1. The van der Waals surface area contributed by atoms with Crippen LogP contribution in [-0.4, -0.2) is 22.8 Å². The van der Waals surface area contributed by atoms with Crippen molar-refractivity contribution in [3.05, 3.63) is 64.1 Å². The number of carbonyl (C=O) groups is 2. The summed E-state index contributed by atoms with van der Waals surface area (Å²) in [6.07, 6.45) is -0.256. The van der Waals surface area contributed by atoms with Crippen molar-refractivity contribution < 1.29 is 9.59 Å². The van der Waals surface area contributed by atoms with Crippen molar-refractivity contribution in [2.24, 2.45) is 0 Å². The first-order valence-corrected chi connectivity index (χ1v) is 8.71. The summed E-state index contributed by atoms with van der Waals surface area (Å²) in [6, 6.07) is 14.6. The Balaban J connectivity index is 2.02. The van der Waals surface area contributed by atoms with Gasteiger partial charge in [-0.05, 0) is 31.5 Å². The maximum absolute atomic E-state index is 12.5. The molecule has 2 aromatic carbocycles. The van der Waals surface area contributed by atoms with Gasteiger partial charge in [0.25, 0.3) is 0 Å². The summed E-state index contributed by atoms with van der Waals surface area (Å²) < 4.78 is 0. The highest BCUT2D eigenvalue weighted by atomic mass is 35.5. The number of nitrogens with one attached hydrogen (secondary N) is 1. The van der Waals surface area contributed by atoms with Gasteiger partial charge >= 0.3 is 0 Å². The Morgan fingerprint density at radius 1 is 1.04 bits per heavy atom. The van der Waals surface area contributed by atoms with Crippen LogP contribution in [-0.2, 0) is 16.1 Å². The van der Waals surface area contributed by atoms with Crippen LogP contribution in [0.25, 0.3) is 0 Å². The van der Waals surface area contributed by atoms with Gasteiger partial charge in [0.1, 0.15) is 6.42 Å². The van der Waals surface area contributed by atoms with Gasteiger partial charge in [-0.25, -0.2) is 0 Å². The molecule has 0 aliphatic heterocycles. The molecule has 0 fully saturated rings. The molecule has 1 N–H and O–H groups in total. The summed E-state index contributed by atoms with van der Waals surface area (Å²) >= 11 is 12.0. The van der Waals surface area contributed by atoms with E-state index in [1.165, 1.54) is 0 Å². The van der Waals surface area contributed by atoms with Crippen molar-refractivity contribution in [3.8, 4) is 0 Å². The number of benzene rings is 2. The second kappa shape index (κ2) is 8.88. The van der Waals surface area contributed by atoms with Gasteiger partial charge < -0.3 is 10.2 Å². The van der Waals surface area contributed by atoms with Crippen LogP contribution in [0.2, 0.25) is 10.0 Å². The fraction of sp³-hybridized carbons (Fsp3) is 0.263. The van der Waals surface area contributed by atoms with E-state index in [1.807, 2.05) is 44.2 Å². The van der Waals surface area contributed by atoms with Crippen molar-refractivity contribution in [1.29, 1.82) is 0 Å². The Labute approximate surface area is 157 Å². The lowest BCUT2D eigenvalue weighted by Gasteiger charge is -2.27. The molecule has 0 aromatic heterocycles. The lowest BCUT2D eigenvalue weighted by Crippen LogP contribution is -2.38. The molecule has 0 atom stereocenters. The van der Waals surface area contributed by atoms with Crippen LogP contribution in [0.5, 0.6) is 0 Å². The van der Waals surface area contributed by atoms with Gasteiger partial charge in [0.05, 0.1) is 15.7 Å². The van der Waals surface area contributed by atoms with Crippen molar-refractivity contribution >= 4 is 40.7 Å². The van der Waals surface area contributed by atoms with Gasteiger partial charge in [-0.1, -0.05) is 59.6 Å². The van der Waals surface area contributed by atoms with E-state index in [9.17, 15) is 9.59 Å². The first kappa shape index (κ1) is 19.3. The van der Waals surface area contributed by atoms with Crippen LogP contribution in [0.1, 0.15) is 25.8 Å². The molecule has 0 saturated heterocycles. The molecular formula is C19H20Cl2N2O2. The summed E-state index contributed by atoms with van der Waals surface area (Å²) in [5, 5.41) is 3.24. The molecule has 0 saturated carbocycles. The smallest absolute Gasteiger partial charge is 0.233 e. The summed E-state index contributed by atoms with van der Waals surface area (Å²) in [4.78, 5) is 26.4. The fourth-order valence-electron chi connectivity index (χ4n) is 2.37. The van der Waals surface area contributed by atoms with Crippen LogP contribution in [0.15, 0.2) is 48.5 Å². The first-order chi connectivity index (χ1) is 11.9. The highest BCUT2D eigenvalue weighted by Gasteiger charge is 2.21. The molecular weight excluding hydrogens is 359 g/mol. The zero-order valence-corrected chi connectivity index (χ0v) is 15.6. The second-order valence-electron chi connectivity index (χ2n) is 5.93. The summed E-state index contributed by atoms with van der Waals surface area (Å²) in [6.45, 7) is 4.31. The first-order valence-electron chi connectivity index (χ1n) is 7.95. The van der Waals surface area contributed by atoms with Crippen molar-refractivity contribution in [1.82, 2.24) is 4.90 Å². The molecule has 4 nitrogen and oxygen atoms in total. The molecule has 2 aromatic rings. The number of hydrogen-bond acceptors (Lipinski definition) is 2. The van der Waals surface area contributed by atoms with Crippen LogP contribution < -0.4 is 5.32 Å². The van der Waals surface area contributed by atoms with Crippen LogP contribution in [0.4, 0.5) is 5.69 Å². The molecule has 2 rings (SSSR count). The van der Waals surface area contributed by atoms with E-state index in [4.69, 9.17) is 23.2 Å². The summed E-state index contributed by atoms with van der Waals surface area (Å²) in [5.41, 5.74) is 1.41. The SMILES string of the molecule is CC(C)N(Cc1ccccc1)C(=O)CC(=O)Nc1cccc(Cl)c1Cl. The predicted octanol–water partition coefficient (Wildman–Crippen LogP) is 4.76. The van der Waals surface area contributed by atoms with E-state index < -0.39 is 5.91 Å². The minimum absolute atomic E-state index is 0.0183. The maximum atomic E-state index is 12.5. The quantitative estimate of drug-likeness (QED) is 0.736. The van der Waals surface area contributed by atoms with Crippen LogP contribution >= 0.6 is 23.2 Å². The van der Waals surface area contributed by atoms with Gasteiger partial charge in [0, 0.05) is 12.6 Å². The van der Waals surface area contributed by atoms with Gasteiger partial charge in [-0.2, -0.15) is 0 Å². The molecule has 0 bridgehead atoms. The van der Waals surface area contributed by atoms with Crippen molar-refractivity contribution in [2.45, 2.75) is 32.9 Å². The molecule has 25 heavy (non-hydrogen) atoms. The van der Waals surface area contributed by atoms with E-state index in [1.54, 1.807) is 23.1 Å². The monoisotopic (exact) mass is 378 g/mol. The van der Waals surface area contributed by atoms with Gasteiger partial charge in [-0.3, -0.25) is 9.59 Å². The molecule has 132 valence electrons.